The number of para-hydroxylation sites is 2. The van der Waals surface area contributed by atoms with Crippen molar-refractivity contribution >= 4 is 17.0 Å². The van der Waals surface area contributed by atoms with Gasteiger partial charge < -0.3 is 19.2 Å². The molecule has 0 atom stereocenters. The lowest BCUT2D eigenvalue weighted by Gasteiger charge is -2.10. The molecule has 6 nitrogen and oxygen atoms in total. The predicted octanol–water partition coefficient (Wildman–Crippen LogP) is 3.48. The van der Waals surface area contributed by atoms with Crippen LogP contribution in [0.1, 0.15) is 24.3 Å². The molecule has 3 aromatic rings. The van der Waals surface area contributed by atoms with E-state index in [2.05, 4.69) is 10.3 Å². The number of aromatic nitrogens is 1. The Morgan fingerprint density at radius 1 is 1.12 bits per heavy atom. The Kier molecular flexibility index (Phi) is 5.73. The third-order valence-corrected chi connectivity index (χ3v) is 4.07. The maximum absolute atomic E-state index is 12.0. The van der Waals surface area contributed by atoms with Crippen LogP contribution in [0.15, 0.2) is 46.9 Å². The normalized spacial score (nSPS) is 10.7. The fraction of sp³-hybridized carbons (Fsp3) is 0.300. The Bertz CT molecular complexity index is 855. The van der Waals surface area contributed by atoms with E-state index in [1.165, 1.54) is 0 Å². The molecule has 2 aromatic carbocycles. The topological polar surface area (TPSA) is 73.6 Å². The van der Waals surface area contributed by atoms with Crippen LogP contribution < -0.4 is 14.8 Å². The standard InChI is InChI=1S/C20H22N2O4/c1-24-17-11-10-14(12-18(17)25-2)13-21-19(23)8-5-9-20-22-15-6-3-4-7-16(15)26-20/h3-4,6-7,10-12H,5,8-9,13H2,1-2H3,(H,21,23). The first-order chi connectivity index (χ1) is 12.7. The summed E-state index contributed by atoms with van der Waals surface area (Å²) in [4.78, 5) is 16.5. The van der Waals surface area contributed by atoms with Crippen LogP contribution in [0.4, 0.5) is 0 Å². The lowest BCUT2D eigenvalue weighted by Crippen LogP contribution is -2.22. The van der Waals surface area contributed by atoms with Crippen molar-refractivity contribution in [2.45, 2.75) is 25.8 Å². The number of hydrogen-bond donors (Lipinski definition) is 1. The molecule has 1 N–H and O–H groups in total. The summed E-state index contributed by atoms with van der Waals surface area (Å²) in [5.41, 5.74) is 2.58. The Morgan fingerprint density at radius 3 is 2.69 bits per heavy atom. The number of methoxy groups -OCH3 is 2. The number of benzene rings is 2. The second-order valence-electron chi connectivity index (χ2n) is 5.89. The van der Waals surface area contributed by atoms with Crippen LogP contribution in [0.3, 0.4) is 0 Å². The number of rotatable bonds is 8. The van der Waals surface area contributed by atoms with Gasteiger partial charge in [0.2, 0.25) is 5.91 Å². The lowest BCUT2D eigenvalue weighted by molar-refractivity contribution is -0.121. The SMILES string of the molecule is COc1ccc(CNC(=O)CCCc2nc3ccccc3o2)cc1OC. The van der Waals surface area contributed by atoms with E-state index in [1.807, 2.05) is 42.5 Å². The van der Waals surface area contributed by atoms with E-state index in [1.54, 1.807) is 14.2 Å². The van der Waals surface area contributed by atoms with Crippen molar-refractivity contribution in [1.82, 2.24) is 10.3 Å². The van der Waals surface area contributed by atoms with E-state index in [4.69, 9.17) is 13.9 Å². The third kappa shape index (κ3) is 4.33. The number of fused-ring (bicyclic) bond motifs is 1. The van der Waals surface area contributed by atoms with Crippen LogP contribution >= 0.6 is 0 Å². The van der Waals surface area contributed by atoms with Gasteiger partial charge in [0.05, 0.1) is 14.2 Å². The second-order valence-corrected chi connectivity index (χ2v) is 5.89. The fourth-order valence-corrected chi connectivity index (χ4v) is 2.71. The average molecular weight is 354 g/mol. The van der Waals surface area contributed by atoms with E-state index in [9.17, 15) is 4.79 Å². The van der Waals surface area contributed by atoms with Crippen molar-refractivity contribution in [3.05, 3.63) is 53.9 Å². The Morgan fingerprint density at radius 2 is 1.92 bits per heavy atom. The van der Waals surface area contributed by atoms with Crippen LogP contribution in [0.2, 0.25) is 0 Å². The van der Waals surface area contributed by atoms with Gasteiger partial charge in [0.25, 0.3) is 0 Å². The summed E-state index contributed by atoms with van der Waals surface area (Å²) in [6.45, 7) is 0.447. The van der Waals surface area contributed by atoms with E-state index >= 15 is 0 Å². The molecule has 0 bridgehead atoms. The molecule has 1 amide bonds. The highest BCUT2D eigenvalue weighted by Crippen LogP contribution is 2.27. The molecule has 0 unspecified atom stereocenters. The number of aryl methyl sites for hydroxylation is 1. The van der Waals surface area contributed by atoms with Crippen LogP contribution in [0, 0.1) is 0 Å². The van der Waals surface area contributed by atoms with Crippen LogP contribution in [-0.4, -0.2) is 25.1 Å². The first-order valence-corrected chi connectivity index (χ1v) is 8.51. The zero-order chi connectivity index (χ0) is 18.4. The van der Waals surface area contributed by atoms with Gasteiger partial charge in [-0.05, 0) is 36.2 Å². The molecule has 1 heterocycles. The minimum atomic E-state index is -0.00380. The number of nitrogens with one attached hydrogen (secondary N) is 1. The molecule has 136 valence electrons. The number of carbonyl (C=O) groups excluding carboxylic acids is 1. The highest BCUT2D eigenvalue weighted by Gasteiger charge is 2.08. The van der Waals surface area contributed by atoms with Gasteiger partial charge in [-0.1, -0.05) is 18.2 Å². The van der Waals surface area contributed by atoms with Gasteiger partial charge >= 0.3 is 0 Å². The molecular formula is C20H22N2O4. The van der Waals surface area contributed by atoms with Gasteiger partial charge in [0.1, 0.15) is 5.52 Å². The van der Waals surface area contributed by atoms with Crippen molar-refractivity contribution in [2.75, 3.05) is 14.2 Å². The molecule has 3 rings (SSSR count). The van der Waals surface area contributed by atoms with Gasteiger partial charge in [0, 0.05) is 19.4 Å². The highest BCUT2D eigenvalue weighted by molar-refractivity contribution is 5.76. The van der Waals surface area contributed by atoms with Crippen LogP contribution in [0.5, 0.6) is 11.5 Å². The number of carbonyl (C=O) groups is 1. The van der Waals surface area contributed by atoms with E-state index in [0.29, 0.717) is 43.2 Å². The minimum Gasteiger partial charge on any atom is -0.493 e. The number of amides is 1. The van der Waals surface area contributed by atoms with Crippen LogP contribution in [0.25, 0.3) is 11.1 Å². The monoisotopic (exact) mass is 354 g/mol. The molecule has 0 saturated carbocycles. The van der Waals surface area contributed by atoms with Gasteiger partial charge in [-0.3, -0.25) is 4.79 Å². The Hall–Kier alpha value is -3.02. The third-order valence-electron chi connectivity index (χ3n) is 4.07. The first-order valence-electron chi connectivity index (χ1n) is 8.51. The summed E-state index contributed by atoms with van der Waals surface area (Å²) in [5.74, 6) is 1.98. The summed E-state index contributed by atoms with van der Waals surface area (Å²) >= 11 is 0. The molecule has 0 saturated heterocycles. The van der Waals surface area contributed by atoms with Crippen LogP contribution in [-0.2, 0) is 17.8 Å². The number of nitrogens with zero attached hydrogens (tertiary/aromatic N) is 1. The van der Waals surface area contributed by atoms with E-state index in [-0.39, 0.29) is 5.91 Å². The molecule has 1 aromatic heterocycles. The second kappa shape index (κ2) is 8.38. The predicted molar refractivity (Wildman–Crippen MR) is 98.3 cm³/mol. The average Bonchev–Trinajstić information content (AvgIpc) is 3.08. The maximum Gasteiger partial charge on any atom is 0.220 e. The smallest absolute Gasteiger partial charge is 0.220 e. The summed E-state index contributed by atoms with van der Waals surface area (Å²) < 4.78 is 16.1. The Balaban J connectivity index is 1.45. The zero-order valence-corrected chi connectivity index (χ0v) is 15.0. The first kappa shape index (κ1) is 17.8. The summed E-state index contributed by atoms with van der Waals surface area (Å²) in [6.07, 6.45) is 1.75. The van der Waals surface area contributed by atoms with Crippen molar-refractivity contribution in [3.8, 4) is 11.5 Å². The summed E-state index contributed by atoms with van der Waals surface area (Å²) in [6, 6.07) is 13.2. The van der Waals surface area contributed by atoms with Crippen molar-refractivity contribution in [1.29, 1.82) is 0 Å². The van der Waals surface area contributed by atoms with Gasteiger partial charge in [-0.25, -0.2) is 4.98 Å². The lowest BCUT2D eigenvalue weighted by atomic mass is 10.2. The number of oxazole rings is 1. The maximum atomic E-state index is 12.0. The van der Waals surface area contributed by atoms with Gasteiger partial charge in [-0.2, -0.15) is 0 Å². The highest BCUT2D eigenvalue weighted by atomic mass is 16.5. The summed E-state index contributed by atoms with van der Waals surface area (Å²) in [7, 11) is 3.18. The molecule has 0 aliphatic heterocycles. The van der Waals surface area contributed by atoms with Crippen molar-refractivity contribution in [2.24, 2.45) is 0 Å². The molecule has 0 radical (unpaired) electrons. The molecule has 0 aliphatic carbocycles. The summed E-state index contributed by atoms with van der Waals surface area (Å²) in [5, 5.41) is 2.91. The largest absolute Gasteiger partial charge is 0.493 e. The number of hydrogen-bond acceptors (Lipinski definition) is 5. The molecule has 0 spiro atoms. The molecule has 6 heteroatoms. The van der Waals surface area contributed by atoms with Crippen molar-refractivity contribution < 1.29 is 18.7 Å². The fourth-order valence-electron chi connectivity index (χ4n) is 2.71. The van der Waals surface area contributed by atoms with Gasteiger partial charge in [0.15, 0.2) is 23.0 Å². The van der Waals surface area contributed by atoms with Gasteiger partial charge in [-0.15, -0.1) is 0 Å². The Labute approximate surface area is 152 Å². The molecule has 26 heavy (non-hydrogen) atoms. The molecule has 0 aliphatic rings. The minimum absolute atomic E-state index is 0.00380. The molecule has 0 fully saturated rings. The van der Waals surface area contributed by atoms with E-state index in [0.717, 1.165) is 16.7 Å². The quantitative estimate of drug-likeness (QED) is 0.670. The molecular weight excluding hydrogens is 332 g/mol. The zero-order valence-electron chi connectivity index (χ0n) is 15.0. The number of ether oxygens (including phenoxy) is 2. The van der Waals surface area contributed by atoms with E-state index < -0.39 is 0 Å². The van der Waals surface area contributed by atoms with Crippen molar-refractivity contribution in [3.63, 3.8) is 0 Å².